The van der Waals surface area contributed by atoms with E-state index in [4.69, 9.17) is 0 Å². The lowest BCUT2D eigenvalue weighted by molar-refractivity contribution is -0.112. The van der Waals surface area contributed by atoms with Gasteiger partial charge in [-0.25, -0.2) is 4.99 Å². The van der Waals surface area contributed by atoms with Crippen molar-refractivity contribution in [3.63, 3.8) is 0 Å². The van der Waals surface area contributed by atoms with Crippen molar-refractivity contribution in [1.82, 2.24) is 0 Å². The Morgan fingerprint density at radius 1 is 1.04 bits per heavy atom. The Hall–Kier alpha value is -2.60. The Kier molecular flexibility index (Phi) is 4.16. The minimum absolute atomic E-state index is 0.242. The number of hydrazone groups is 1. The zero-order valence-corrected chi connectivity index (χ0v) is 13.7. The number of nitrogens with zero attached hydrogens (tertiary/aromatic N) is 4. The number of carbonyl (C=O) groups excluding carboxylic acids is 1. The Labute approximate surface area is 140 Å². The topological polar surface area (TPSA) is 48.3 Å². The van der Waals surface area contributed by atoms with E-state index in [1.54, 1.807) is 12.1 Å². The molecule has 0 saturated carbocycles. The molecule has 0 bridgehead atoms. The lowest BCUT2D eigenvalue weighted by atomic mass is 10.2. The lowest BCUT2D eigenvalue weighted by Crippen LogP contribution is -2.25. The predicted octanol–water partition coefficient (Wildman–Crippen LogP) is 3.15. The molecule has 0 aliphatic carbocycles. The summed E-state index contributed by atoms with van der Waals surface area (Å²) < 4.78 is 0. The Morgan fingerprint density at radius 2 is 1.70 bits per heavy atom. The summed E-state index contributed by atoms with van der Waals surface area (Å²) in [6.07, 6.45) is 1.48. The maximum atomic E-state index is 12.4. The Morgan fingerprint density at radius 3 is 2.30 bits per heavy atom. The predicted molar refractivity (Wildman–Crippen MR) is 97.5 cm³/mol. The van der Waals surface area contributed by atoms with Crippen LogP contribution in [0.25, 0.3) is 0 Å². The van der Waals surface area contributed by atoms with Gasteiger partial charge >= 0.3 is 0 Å². The molecule has 1 amide bonds. The fraction of sp³-hybridized carbons (Fsp3) is 0.118. The van der Waals surface area contributed by atoms with E-state index >= 15 is 0 Å². The lowest BCUT2D eigenvalue weighted by Gasteiger charge is -2.12. The molecular weight excluding hydrogens is 308 g/mol. The summed E-state index contributed by atoms with van der Waals surface area (Å²) in [5.74, 6) is -0.242. The van der Waals surface area contributed by atoms with E-state index in [9.17, 15) is 4.79 Å². The first kappa shape index (κ1) is 15.3. The van der Waals surface area contributed by atoms with E-state index in [0.717, 1.165) is 16.3 Å². The first-order chi connectivity index (χ1) is 11.0. The zero-order valence-electron chi connectivity index (χ0n) is 12.8. The van der Waals surface area contributed by atoms with Gasteiger partial charge in [0.25, 0.3) is 5.91 Å². The van der Waals surface area contributed by atoms with E-state index in [1.165, 1.54) is 11.2 Å². The van der Waals surface area contributed by atoms with Crippen LogP contribution in [-0.2, 0) is 4.79 Å². The van der Waals surface area contributed by atoms with Crippen LogP contribution in [0.3, 0.4) is 0 Å². The first-order valence-corrected chi connectivity index (χ1v) is 7.53. The number of carbonyl (C=O) groups is 1. The number of hydrogen-bond donors (Lipinski definition) is 1. The number of rotatable bonds is 3. The van der Waals surface area contributed by atoms with Crippen molar-refractivity contribution in [1.29, 1.82) is 0 Å². The molecule has 2 aromatic rings. The maximum absolute atomic E-state index is 12.4. The molecule has 1 heterocycles. The zero-order chi connectivity index (χ0) is 16.4. The molecule has 5 nitrogen and oxygen atoms in total. The highest BCUT2D eigenvalue weighted by molar-refractivity contribution is 7.80. The van der Waals surface area contributed by atoms with Crippen LogP contribution in [0, 0.1) is 0 Å². The summed E-state index contributed by atoms with van der Waals surface area (Å²) in [4.78, 5) is 19.6. The van der Waals surface area contributed by atoms with Crippen LogP contribution >= 0.6 is 12.6 Å². The van der Waals surface area contributed by atoms with E-state index in [0.29, 0.717) is 11.4 Å². The fourth-order valence-corrected chi connectivity index (χ4v) is 2.30. The fourth-order valence-electron chi connectivity index (χ4n) is 2.15. The van der Waals surface area contributed by atoms with Gasteiger partial charge in [-0.2, -0.15) is 10.1 Å². The second-order valence-electron chi connectivity index (χ2n) is 5.29. The molecule has 1 aliphatic rings. The van der Waals surface area contributed by atoms with Crippen molar-refractivity contribution in [3.05, 3.63) is 48.5 Å². The molecule has 0 atom stereocenters. The molecule has 23 heavy (non-hydrogen) atoms. The van der Waals surface area contributed by atoms with Crippen molar-refractivity contribution in [2.75, 3.05) is 24.0 Å². The number of aliphatic imine (C=N–C) groups is 1. The average molecular weight is 324 g/mol. The van der Waals surface area contributed by atoms with E-state index in [1.807, 2.05) is 55.4 Å². The molecule has 0 N–H and O–H groups in total. The minimum atomic E-state index is -0.242. The number of thiol groups is 1. The smallest absolute Gasteiger partial charge is 0.298 e. The van der Waals surface area contributed by atoms with Gasteiger partial charge in [-0.15, -0.1) is 12.6 Å². The number of anilines is 2. The molecule has 0 fully saturated rings. The third kappa shape index (κ3) is 3.27. The minimum Gasteiger partial charge on any atom is -0.378 e. The van der Waals surface area contributed by atoms with Crippen molar-refractivity contribution in [2.24, 2.45) is 10.1 Å². The summed E-state index contributed by atoms with van der Waals surface area (Å²) in [5, 5.41) is 5.47. The van der Waals surface area contributed by atoms with Gasteiger partial charge in [0.05, 0.1) is 17.6 Å². The molecule has 0 unspecified atom stereocenters. The van der Waals surface area contributed by atoms with Crippen LogP contribution in [0.5, 0.6) is 0 Å². The monoisotopic (exact) mass is 324 g/mol. The number of benzene rings is 2. The van der Waals surface area contributed by atoms with E-state index < -0.39 is 0 Å². The summed E-state index contributed by atoms with van der Waals surface area (Å²) in [6.45, 7) is 0. The summed E-state index contributed by atoms with van der Waals surface area (Å²) in [6, 6.07) is 14.9. The Balaban J connectivity index is 1.81. The highest BCUT2D eigenvalue weighted by atomic mass is 32.1. The quantitative estimate of drug-likeness (QED) is 0.882. The molecule has 0 radical (unpaired) electrons. The average Bonchev–Trinajstić information content (AvgIpc) is 2.90. The summed E-state index contributed by atoms with van der Waals surface area (Å²) >= 11 is 4.23. The molecule has 0 spiro atoms. The summed E-state index contributed by atoms with van der Waals surface area (Å²) in [5.41, 5.74) is 2.81. The van der Waals surface area contributed by atoms with Gasteiger partial charge in [-0.3, -0.25) is 4.79 Å². The van der Waals surface area contributed by atoms with Gasteiger partial charge < -0.3 is 4.90 Å². The van der Waals surface area contributed by atoms with Crippen molar-refractivity contribution < 1.29 is 4.79 Å². The second kappa shape index (κ2) is 6.26. The van der Waals surface area contributed by atoms with Gasteiger partial charge in [0.1, 0.15) is 0 Å². The van der Waals surface area contributed by atoms with Gasteiger partial charge in [0, 0.05) is 24.7 Å². The standard InChI is InChI=1S/C17H16N4OS/c1-20(2)13-5-3-12(4-6-13)19-16-11-18-21(17(16)22)14-7-9-15(23)10-8-14/h3-11,23H,1-2H3. The van der Waals surface area contributed by atoms with Crippen LogP contribution < -0.4 is 9.91 Å². The van der Waals surface area contributed by atoms with Crippen LogP contribution in [0.4, 0.5) is 17.1 Å². The SMILES string of the molecule is CN(C)c1ccc(N=C2C=NN(c3ccc(S)cc3)C2=O)cc1. The van der Waals surface area contributed by atoms with Crippen LogP contribution in [0.15, 0.2) is 63.5 Å². The van der Waals surface area contributed by atoms with Gasteiger partial charge in [0.15, 0.2) is 5.71 Å². The first-order valence-electron chi connectivity index (χ1n) is 7.08. The molecule has 0 aromatic heterocycles. The van der Waals surface area contributed by atoms with Crippen LogP contribution in [0.1, 0.15) is 0 Å². The molecule has 116 valence electrons. The normalized spacial score (nSPS) is 15.5. The van der Waals surface area contributed by atoms with Crippen molar-refractivity contribution in [3.8, 4) is 0 Å². The molecule has 1 aliphatic heterocycles. The molecule has 3 rings (SSSR count). The van der Waals surface area contributed by atoms with Crippen molar-refractivity contribution in [2.45, 2.75) is 4.90 Å². The van der Waals surface area contributed by atoms with Gasteiger partial charge in [-0.05, 0) is 48.5 Å². The Bertz CT molecular complexity index is 779. The van der Waals surface area contributed by atoms with Crippen molar-refractivity contribution >= 4 is 47.5 Å². The largest absolute Gasteiger partial charge is 0.378 e. The number of amides is 1. The van der Waals surface area contributed by atoms with Gasteiger partial charge in [0.2, 0.25) is 0 Å². The molecule has 2 aromatic carbocycles. The molecular formula is C17H16N4OS. The maximum Gasteiger partial charge on any atom is 0.298 e. The van der Waals surface area contributed by atoms with E-state index in [2.05, 4.69) is 22.7 Å². The van der Waals surface area contributed by atoms with E-state index in [-0.39, 0.29) is 5.91 Å². The summed E-state index contributed by atoms with van der Waals surface area (Å²) in [7, 11) is 3.95. The third-order valence-corrected chi connectivity index (χ3v) is 3.72. The number of hydrogen-bond acceptors (Lipinski definition) is 5. The van der Waals surface area contributed by atoms with Crippen LogP contribution in [-0.4, -0.2) is 31.9 Å². The molecule has 6 heteroatoms. The molecule has 0 saturated heterocycles. The van der Waals surface area contributed by atoms with Crippen LogP contribution in [0.2, 0.25) is 0 Å². The highest BCUT2D eigenvalue weighted by Gasteiger charge is 2.25. The second-order valence-corrected chi connectivity index (χ2v) is 5.80. The van der Waals surface area contributed by atoms with Gasteiger partial charge in [-0.1, -0.05) is 0 Å². The highest BCUT2D eigenvalue weighted by Crippen LogP contribution is 2.22. The third-order valence-electron chi connectivity index (χ3n) is 3.42.